The molecule has 4 heteroatoms. The Morgan fingerprint density at radius 1 is 1.30 bits per heavy atom. The molecule has 3 nitrogen and oxygen atoms in total. The number of ether oxygens (including phenoxy) is 1. The monoisotopic (exact) mass is 338 g/mol. The molecule has 0 aliphatic carbocycles. The number of Topliss-reactive ketones (excluding diaryl/α,β-unsaturated/α-hetero) is 2. The molecular formula is C16H19BrO3. The van der Waals surface area contributed by atoms with Gasteiger partial charge in [-0.05, 0) is 50.5 Å². The SMILES string of the molecule is CCc1cc(Br)ccc1C1C(=O)C(C)OC(C)(C)C1=O. The van der Waals surface area contributed by atoms with E-state index in [0.717, 1.165) is 22.0 Å². The molecule has 0 aromatic heterocycles. The van der Waals surface area contributed by atoms with E-state index in [0.29, 0.717) is 0 Å². The first-order valence-electron chi connectivity index (χ1n) is 6.82. The van der Waals surface area contributed by atoms with Crippen molar-refractivity contribution < 1.29 is 14.3 Å². The van der Waals surface area contributed by atoms with E-state index in [2.05, 4.69) is 15.9 Å². The van der Waals surface area contributed by atoms with Crippen molar-refractivity contribution in [2.75, 3.05) is 0 Å². The van der Waals surface area contributed by atoms with Gasteiger partial charge < -0.3 is 4.74 Å². The molecule has 2 atom stereocenters. The van der Waals surface area contributed by atoms with Crippen LogP contribution in [0.15, 0.2) is 22.7 Å². The Labute approximate surface area is 127 Å². The Hall–Kier alpha value is -1.00. The van der Waals surface area contributed by atoms with Crippen molar-refractivity contribution in [3.05, 3.63) is 33.8 Å². The van der Waals surface area contributed by atoms with Crippen molar-refractivity contribution >= 4 is 27.5 Å². The molecule has 108 valence electrons. The molecule has 1 aliphatic rings. The standard InChI is InChI=1S/C16H19BrO3/c1-5-10-8-11(17)6-7-12(10)13-14(18)9(2)20-16(3,4)15(13)19/h6-9,13H,5H2,1-4H3. The van der Waals surface area contributed by atoms with Crippen molar-refractivity contribution in [1.82, 2.24) is 0 Å². The van der Waals surface area contributed by atoms with Gasteiger partial charge in [-0.3, -0.25) is 9.59 Å². The van der Waals surface area contributed by atoms with Crippen molar-refractivity contribution in [2.24, 2.45) is 0 Å². The van der Waals surface area contributed by atoms with E-state index < -0.39 is 17.6 Å². The number of ketones is 2. The molecule has 2 rings (SSSR count). The van der Waals surface area contributed by atoms with E-state index in [1.54, 1.807) is 20.8 Å². The number of carbonyl (C=O) groups is 2. The Bertz CT molecular complexity index is 563. The molecule has 1 aromatic rings. The van der Waals surface area contributed by atoms with Crippen LogP contribution in [-0.2, 0) is 20.7 Å². The van der Waals surface area contributed by atoms with E-state index in [1.165, 1.54) is 0 Å². The average molecular weight is 339 g/mol. The summed E-state index contributed by atoms with van der Waals surface area (Å²) in [5.41, 5.74) is 0.917. The van der Waals surface area contributed by atoms with Gasteiger partial charge >= 0.3 is 0 Å². The molecule has 0 bridgehead atoms. The van der Waals surface area contributed by atoms with Crippen LogP contribution < -0.4 is 0 Å². The zero-order valence-electron chi connectivity index (χ0n) is 12.2. The van der Waals surface area contributed by atoms with Crippen molar-refractivity contribution in [2.45, 2.75) is 51.7 Å². The fourth-order valence-electron chi connectivity index (χ4n) is 2.73. The summed E-state index contributed by atoms with van der Waals surface area (Å²) in [6, 6.07) is 5.72. The van der Waals surface area contributed by atoms with Gasteiger partial charge in [0.15, 0.2) is 11.6 Å². The first kappa shape index (κ1) is 15.4. The number of aryl methyl sites for hydroxylation is 1. The summed E-state index contributed by atoms with van der Waals surface area (Å²) in [4.78, 5) is 25.0. The topological polar surface area (TPSA) is 43.4 Å². The minimum absolute atomic E-state index is 0.147. The molecule has 0 N–H and O–H groups in total. The lowest BCUT2D eigenvalue weighted by atomic mass is 9.77. The lowest BCUT2D eigenvalue weighted by Gasteiger charge is -2.37. The van der Waals surface area contributed by atoms with Crippen LogP contribution in [0.1, 0.15) is 44.7 Å². The summed E-state index contributed by atoms with van der Waals surface area (Å²) >= 11 is 3.43. The third-order valence-electron chi connectivity index (χ3n) is 3.81. The van der Waals surface area contributed by atoms with Crippen LogP contribution in [0.3, 0.4) is 0 Å². The Balaban J connectivity index is 2.54. The maximum atomic E-state index is 12.6. The van der Waals surface area contributed by atoms with E-state index in [4.69, 9.17) is 4.74 Å². The van der Waals surface area contributed by atoms with Crippen LogP contribution >= 0.6 is 15.9 Å². The summed E-state index contributed by atoms with van der Waals surface area (Å²) in [5, 5.41) is 0. The lowest BCUT2D eigenvalue weighted by Crippen LogP contribution is -2.52. The van der Waals surface area contributed by atoms with Crippen LogP contribution in [0.2, 0.25) is 0 Å². The normalized spacial score (nSPS) is 25.9. The highest BCUT2D eigenvalue weighted by atomic mass is 79.9. The van der Waals surface area contributed by atoms with E-state index >= 15 is 0 Å². The maximum absolute atomic E-state index is 12.6. The van der Waals surface area contributed by atoms with Crippen LogP contribution in [0.4, 0.5) is 0 Å². The van der Waals surface area contributed by atoms with Gasteiger partial charge in [0.05, 0.1) is 0 Å². The van der Waals surface area contributed by atoms with Crippen molar-refractivity contribution in [1.29, 1.82) is 0 Å². The molecule has 1 fully saturated rings. The predicted molar refractivity (Wildman–Crippen MR) is 80.9 cm³/mol. The minimum Gasteiger partial charge on any atom is -0.357 e. The molecule has 0 radical (unpaired) electrons. The number of halogens is 1. The Morgan fingerprint density at radius 3 is 2.55 bits per heavy atom. The average Bonchev–Trinajstić information content (AvgIpc) is 2.38. The lowest BCUT2D eigenvalue weighted by molar-refractivity contribution is -0.168. The smallest absolute Gasteiger partial charge is 0.179 e. The van der Waals surface area contributed by atoms with Gasteiger partial charge in [-0.25, -0.2) is 0 Å². The molecule has 2 unspecified atom stereocenters. The second kappa shape index (κ2) is 5.41. The summed E-state index contributed by atoms with van der Waals surface area (Å²) in [7, 11) is 0. The Kier molecular flexibility index (Phi) is 4.17. The first-order valence-corrected chi connectivity index (χ1v) is 7.61. The van der Waals surface area contributed by atoms with E-state index in [-0.39, 0.29) is 11.6 Å². The number of hydrogen-bond donors (Lipinski definition) is 0. The van der Waals surface area contributed by atoms with Gasteiger partial charge in [0, 0.05) is 4.47 Å². The Morgan fingerprint density at radius 2 is 1.95 bits per heavy atom. The quantitative estimate of drug-likeness (QED) is 0.776. The second-order valence-electron chi connectivity index (χ2n) is 5.67. The van der Waals surface area contributed by atoms with Gasteiger partial charge in [0.1, 0.15) is 17.6 Å². The van der Waals surface area contributed by atoms with Gasteiger partial charge in [0.25, 0.3) is 0 Å². The number of benzene rings is 1. The van der Waals surface area contributed by atoms with Gasteiger partial charge in [-0.1, -0.05) is 28.9 Å². The summed E-state index contributed by atoms with van der Waals surface area (Å²) in [5.74, 6) is -1.01. The predicted octanol–water partition coefficient (Wildman–Crippen LogP) is 3.43. The zero-order chi connectivity index (χ0) is 15.1. The number of carbonyl (C=O) groups excluding carboxylic acids is 2. The molecule has 0 spiro atoms. The fraction of sp³-hybridized carbons (Fsp3) is 0.500. The van der Waals surface area contributed by atoms with Crippen LogP contribution in [0.5, 0.6) is 0 Å². The second-order valence-corrected chi connectivity index (χ2v) is 6.58. The molecule has 20 heavy (non-hydrogen) atoms. The van der Waals surface area contributed by atoms with Gasteiger partial charge in [-0.15, -0.1) is 0 Å². The fourth-order valence-corrected chi connectivity index (χ4v) is 3.13. The minimum atomic E-state index is -0.921. The third kappa shape index (κ3) is 2.59. The molecule has 1 aliphatic heterocycles. The van der Waals surface area contributed by atoms with Gasteiger partial charge in [-0.2, -0.15) is 0 Å². The van der Waals surface area contributed by atoms with Crippen molar-refractivity contribution in [3.63, 3.8) is 0 Å². The molecule has 1 aromatic carbocycles. The van der Waals surface area contributed by atoms with Crippen LogP contribution in [0, 0.1) is 0 Å². The molecular weight excluding hydrogens is 320 g/mol. The van der Waals surface area contributed by atoms with E-state index in [1.807, 2.05) is 25.1 Å². The number of hydrogen-bond acceptors (Lipinski definition) is 3. The van der Waals surface area contributed by atoms with Crippen molar-refractivity contribution in [3.8, 4) is 0 Å². The number of rotatable bonds is 2. The molecule has 1 saturated heterocycles. The summed E-state index contributed by atoms with van der Waals surface area (Å²) in [6.45, 7) is 7.20. The first-order chi connectivity index (χ1) is 9.27. The molecule has 0 saturated carbocycles. The maximum Gasteiger partial charge on any atom is 0.179 e. The summed E-state index contributed by atoms with van der Waals surface area (Å²) < 4.78 is 6.49. The van der Waals surface area contributed by atoms with Gasteiger partial charge in [0.2, 0.25) is 0 Å². The summed E-state index contributed by atoms with van der Waals surface area (Å²) in [6.07, 6.45) is 0.225. The third-order valence-corrected chi connectivity index (χ3v) is 4.30. The van der Waals surface area contributed by atoms with E-state index in [9.17, 15) is 9.59 Å². The van der Waals surface area contributed by atoms with Crippen LogP contribution in [-0.4, -0.2) is 23.3 Å². The highest BCUT2D eigenvalue weighted by Gasteiger charge is 2.47. The highest BCUT2D eigenvalue weighted by molar-refractivity contribution is 9.10. The highest BCUT2D eigenvalue weighted by Crippen LogP contribution is 2.35. The molecule has 0 amide bonds. The van der Waals surface area contributed by atoms with Crippen LogP contribution in [0.25, 0.3) is 0 Å². The molecule has 1 heterocycles. The largest absolute Gasteiger partial charge is 0.357 e. The zero-order valence-corrected chi connectivity index (χ0v) is 13.8.